The number of aromatic carboxylic acids is 1. The minimum absolute atomic E-state index is 0.0197. The molecule has 3 aromatic rings. The van der Waals surface area contributed by atoms with Gasteiger partial charge in [-0.3, -0.25) is 10.1 Å². The number of carboxylic acid groups (broad SMARTS) is 1. The molecule has 0 fully saturated rings. The topological polar surface area (TPSA) is 80.4 Å². The maximum atomic E-state index is 11.2. The third-order valence-electron chi connectivity index (χ3n) is 3.26. The fraction of sp³-hybridized carbons (Fsp3) is 0. The summed E-state index contributed by atoms with van der Waals surface area (Å²) >= 11 is 0. The first-order chi connectivity index (χ1) is 9.56. The molecule has 20 heavy (non-hydrogen) atoms. The van der Waals surface area contributed by atoms with Gasteiger partial charge in [0.1, 0.15) is 0 Å². The Hall–Kier alpha value is -2.95. The lowest BCUT2D eigenvalue weighted by Gasteiger charge is -2.05. The number of carboxylic acids is 1. The summed E-state index contributed by atoms with van der Waals surface area (Å²) in [5.41, 5.74) is 0.244. The summed E-state index contributed by atoms with van der Waals surface area (Å²) in [7, 11) is 0. The molecule has 5 heteroatoms. The van der Waals surface area contributed by atoms with Crippen molar-refractivity contribution in [3.63, 3.8) is 0 Å². The Balaban J connectivity index is 2.36. The molecule has 0 radical (unpaired) electrons. The van der Waals surface area contributed by atoms with Crippen LogP contribution in [0.5, 0.6) is 0 Å². The molecule has 5 nitrogen and oxygen atoms in total. The van der Waals surface area contributed by atoms with Crippen LogP contribution < -0.4 is 0 Å². The van der Waals surface area contributed by atoms with Gasteiger partial charge in [0, 0.05) is 12.1 Å². The predicted octanol–water partition coefficient (Wildman–Crippen LogP) is 3.60. The van der Waals surface area contributed by atoms with Crippen molar-refractivity contribution in [1.29, 1.82) is 0 Å². The number of benzene rings is 3. The average Bonchev–Trinajstić information content (AvgIpc) is 2.43. The van der Waals surface area contributed by atoms with Gasteiger partial charge in [-0.05, 0) is 45.8 Å². The number of nitro benzene ring substituents is 1. The van der Waals surface area contributed by atoms with Crippen molar-refractivity contribution in [1.82, 2.24) is 0 Å². The number of rotatable bonds is 2. The van der Waals surface area contributed by atoms with Crippen molar-refractivity contribution >= 4 is 33.2 Å². The van der Waals surface area contributed by atoms with Gasteiger partial charge in [0.15, 0.2) is 0 Å². The molecule has 0 aliphatic heterocycles. The Bertz CT molecular complexity index is 870. The largest absolute Gasteiger partial charge is 0.478 e. The van der Waals surface area contributed by atoms with Crippen LogP contribution in [0.3, 0.4) is 0 Å². The minimum atomic E-state index is -0.989. The zero-order valence-corrected chi connectivity index (χ0v) is 10.2. The summed E-state index contributed by atoms with van der Waals surface area (Å²) < 4.78 is 0. The summed E-state index contributed by atoms with van der Waals surface area (Å²) in [4.78, 5) is 21.5. The highest BCUT2D eigenvalue weighted by Crippen LogP contribution is 2.28. The molecule has 0 heterocycles. The van der Waals surface area contributed by atoms with Gasteiger partial charge in [0.25, 0.3) is 5.69 Å². The smallest absolute Gasteiger partial charge is 0.336 e. The van der Waals surface area contributed by atoms with Gasteiger partial charge in [0.2, 0.25) is 0 Å². The lowest BCUT2D eigenvalue weighted by molar-refractivity contribution is -0.384. The van der Waals surface area contributed by atoms with E-state index in [2.05, 4.69) is 0 Å². The fourth-order valence-electron chi connectivity index (χ4n) is 2.31. The molecule has 0 aliphatic rings. The quantitative estimate of drug-likeness (QED) is 0.437. The second kappa shape index (κ2) is 4.31. The SMILES string of the molecule is O=C(O)c1cccc2cc3cc([N+](=O)[O-])ccc3cc12. The van der Waals surface area contributed by atoms with E-state index in [1.807, 2.05) is 0 Å². The van der Waals surface area contributed by atoms with Gasteiger partial charge in [0.05, 0.1) is 10.5 Å². The average molecular weight is 267 g/mol. The maximum absolute atomic E-state index is 11.2. The highest BCUT2D eigenvalue weighted by atomic mass is 16.6. The van der Waals surface area contributed by atoms with E-state index in [9.17, 15) is 20.0 Å². The molecule has 0 saturated heterocycles. The molecule has 0 bridgehead atoms. The molecule has 0 aromatic heterocycles. The molecule has 0 amide bonds. The minimum Gasteiger partial charge on any atom is -0.478 e. The van der Waals surface area contributed by atoms with Crippen molar-refractivity contribution in [2.75, 3.05) is 0 Å². The van der Waals surface area contributed by atoms with E-state index in [1.165, 1.54) is 12.1 Å². The Morgan fingerprint density at radius 2 is 1.80 bits per heavy atom. The third-order valence-corrected chi connectivity index (χ3v) is 3.26. The van der Waals surface area contributed by atoms with Crippen molar-refractivity contribution < 1.29 is 14.8 Å². The van der Waals surface area contributed by atoms with Crippen LogP contribution >= 0.6 is 0 Å². The first-order valence-corrected chi connectivity index (χ1v) is 5.90. The fourth-order valence-corrected chi connectivity index (χ4v) is 2.31. The number of fused-ring (bicyclic) bond motifs is 2. The van der Waals surface area contributed by atoms with Gasteiger partial charge in [-0.1, -0.05) is 12.1 Å². The van der Waals surface area contributed by atoms with Gasteiger partial charge in [-0.25, -0.2) is 4.79 Å². The molecule has 1 N–H and O–H groups in total. The van der Waals surface area contributed by atoms with E-state index in [1.54, 1.807) is 36.4 Å². The molecular weight excluding hydrogens is 258 g/mol. The lowest BCUT2D eigenvalue weighted by Crippen LogP contribution is -1.97. The van der Waals surface area contributed by atoms with E-state index < -0.39 is 10.9 Å². The first kappa shape index (κ1) is 12.1. The van der Waals surface area contributed by atoms with Crippen molar-refractivity contribution in [3.8, 4) is 0 Å². The van der Waals surface area contributed by atoms with Crippen molar-refractivity contribution in [2.24, 2.45) is 0 Å². The van der Waals surface area contributed by atoms with Gasteiger partial charge in [-0.15, -0.1) is 0 Å². The molecule has 0 aliphatic carbocycles. The molecule has 98 valence electrons. The van der Waals surface area contributed by atoms with Gasteiger partial charge in [-0.2, -0.15) is 0 Å². The summed E-state index contributed by atoms with van der Waals surface area (Å²) in [6.07, 6.45) is 0. The van der Waals surface area contributed by atoms with Crippen LogP contribution in [0.25, 0.3) is 21.5 Å². The Kier molecular flexibility index (Phi) is 2.61. The molecule has 3 rings (SSSR count). The van der Waals surface area contributed by atoms with Gasteiger partial charge >= 0.3 is 5.97 Å². The summed E-state index contributed by atoms with van der Waals surface area (Å²) in [5, 5.41) is 22.8. The number of nitrogens with zero attached hydrogens (tertiary/aromatic N) is 1. The molecule has 3 aromatic carbocycles. The van der Waals surface area contributed by atoms with E-state index >= 15 is 0 Å². The highest BCUT2D eigenvalue weighted by molar-refractivity contribution is 6.08. The summed E-state index contributed by atoms with van der Waals surface area (Å²) in [5.74, 6) is -0.989. The predicted molar refractivity (Wildman–Crippen MR) is 75.1 cm³/mol. The second-order valence-corrected chi connectivity index (χ2v) is 4.47. The van der Waals surface area contributed by atoms with Crippen LogP contribution in [0.4, 0.5) is 5.69 Å². The first-order valence-electron chi connectivity index (χ1n) is 5.90. The standard InChI is InChI=1S/C15H9NO4/c17-15(18)13-3-1-2-10-6-11-7-12(16(19)20)5-4-9(11)8-14(10)13/h1-8H,(H,17,18). The Morgan fingerprint density at radius 1 is 1.00 bits per heavy atom. The van der Waals surface area contributed by atoms with Crippen LogP contribution in [0.15, 0.2) is 48.5 Å². The maximum Gasteiger partial charge on any atom is 0.336 e. The number of hydrogen-bond donors (Lipinski definition) is 1. The van der Waals surface area contributed by atoms with Crippen molar-refractivity contribution in [2.45, 2.75) is 0 Å². The zero-order chi connectivity index (χ0) is 14.3. The van der Waals surface area contributed by atoms with Crippen molar-refractivity contribution in [3.05, 3.63) is 64.2 Å². The Labute approximate surface area is 113 Å². The second-order valence-electron chi connectivity index (χ2n) is 4.47. The van der Waals surface area contributed by atoms with Crippen LogP contribution in [-0.4, -0.2) is 16.0 Å². The monoisotopic (exact) mass is 267 g/mol. The van der Waals surface area contributed by atoms with Crippen LogP contribution in [0.1, 0.15) is 10.4 Å². The number of hydrogen-bond acceptors (Lipinski definition) is 3. The molecular formula is C15H9NO4. The summed E-state index contributed by atoms with van der Waals surface area (Å²) in [6.45, 7) is 0. The Morgan fingerprint density at radius 3 is 2.50 bits per heavy atom. The number of non-ortho nitro benzene ring substituents is 1. The summed E-state index contributed by atoms with van der Waals surface area (Å²) in [6, 6.07) is 13.0. The van der Waals surface area contributed by atoms with Crippen LogP contribution in [-0.2, 0) is 0 Å². The number of carbonyl (C=O) groups is 1. The zero-order valence-electron chi connectivity index (χ0n) is 10.2. The van der Waals surface area contributed by atoms with E-state index in [0.29, 0.717) is 10.8 Å². The lowest BCUT2D eigenvalue weighted by atomic mass is 9.99. The number of nitro groups is 1. The third kappa shape index (κ3) is 1.85. The van der Waals surface area contributed by atoms with Gasteiger partial charge < -0.3 is 5.11 Å². The molecule has 0 atom stereocenters. The molecule has 0 unspecified atom stereocenters. The van der Waals surface area contributed by atoms with Crippen LogP contribution in [0.2, 0.25) is 0 Å². The normalized spacial score (nSPS) is 10.8. The van der Waals surface area contributed by atoms with Crippen LogP contribution in [0, 0.1) is 10.1 Å². The van der Waals surface area contributed by atoms with E-state index in [4.69, 9.17) is 0 Å². The highest BCUT2D eigenvalue weighted by Gasteiger charge is 2.11. The molecule has 0 spiro atoms. The molecule has 0 saturated carbocycles. The van der Waals surface area contributed by atoms with E-state index in [0.717, 1.165) is 10.8 Å². The van der Waals surface area contributed by atoms with E-state index in [-0.39, 0.29) is 11.3 Å².